The molecule has 2 aliphatic rings. The number of amides is 1. The SMILES string of the molecule is C[C@H]1[C@@H](CN2CCN(c3ncccn3)CC2)O[C@@H](c2cccc(NC(=O)C(Cl)(Cl)Cl)c2)O[C@H]1c1ccc(CO)cc1. The minimum Gasteiger partial charge on any atom is -0.392 e. The third-order valence-electron chi connectivity index (χ3n) is 7.44. The Morgan fingerprint density at radius 2 is 1.71 bits per heavy atom. The van der Waals surface area contributed by atoms with Gasteiger partial charge in [0.1, 0.15) is 0 Å². The molecule has 2 aromatic carbocycles. The average molecular weight is 621 g/mol. The highest BCUT2D eigenvalue weighted by molar-refractivity contribution is 6.76. The number of hydrogen-bond donors (Lipinski definition) is 2. The molecule has 0 bridgehead atoms. The van der Waals surface area contributed by atoms with Crippen molar-refractivity contribution >= 4 is 52.3 Å². The standard InChI is InChI=1S/C29H32Cl3N5O4/c1-19-24(17-36-12-14-37(15-13-36)28-33-10-3-11-34-28)40-26(41-25(19)21-8-6-20(18-38)7-9-21)22-4-2-5-23(16-22)35-27(39)29(30,31)32/h2-11,16,19,24-26,38H,12-15,17-18H2,1H3,(H,35,39)/t19-,24+,25+,26+/m0/s1. The Morgan fingerprint density at radius 3 is 2.37 bits per heavy atom. The first-order valence-corrected chi connectivity index (χ1v) is 14.6. The van der Waals surface area contributed by atoms with E-state index in [4.69, 9.17) is 44.3 Å². The molecule has 3 aromatic rings. The van der Waals surface area contributed by atoms with Crippen LogP contribution in [0.4, 0.5) is 11.6 Å². The van der Waals surface area contributed by atoms with Crippen molar-refractivity contribution in [2.45, 2.75) is 35.8 Å². The minimum atomic E-state index is -2.09. The summed E-state index contributed by atoms with van der Waals surface area (Å²) in [7, 11) is 0. The molecule has 5 rings (SSSR count). The van der Waals surface area contributed by atoms with Gasteiger partial charge in [-0.3, -0.25) is 9.69 Å². The van der Waals surface area contributed by atoms with Crippen LogP contribution in [0.25, 0.3) is 0 Å². The van der Waals surface area contributed by atoms with E-state index in [0.717, 1.165) is 55.4 Å². The molecule has 0 unspecified atom stereocenters. The van der Waals surface area contributed by atoms with Gasteiger partial charge in [0.15, 0.2) is 6.29 Å². The second kappa shape index (κ2) is 13.2. The number of halogens is 3. The molecule has 2 aliphatic heterocycles. The Morgan fingerprint density at radius 1 is 1.00 bits per heavy atom. The summed E-state index contributed by atoms with van der Waals surface area (Å²) in [5, 5.41) is 12.1. The number of aromatic nitrogens is 2. The lowest BCUT2D eigenvalue weighted by atomic mass is 9.90. The number of piperazine rings is 1. The van der Waals surface area contributed by atoms with Crippen molar-refractivity contribution in [2.75, 3.05) is 42.9 Å². The average Bonchev–Trinajstić information content (AvgIpc) is 2.99. The highest BCUT2D eigenvalue weighted by atomic mass is 35.6. The highest BCUT2D eigenvalue weighted by Crippen LogP contribution is 2.42. The zero-order valence-corrected chi connectivity index (χ0v) is 24.8. The van der Waals surface area contributed by atoms with E-state index in [1.807, 2.05) is 36.4 Å². The number of carbonyl (C=O) groups is 1. The fourth-order valence-corrected chi connectivity index (χ4v) is 5.27. The molecule has 218 valence electrons. The van der Waals surface area contributed by atoms with E-state index in [0.29, 0.717) is 5.69 Å². The van der Waals surface area contributed by atoms with E-state index < -0.39 is 16.0 Å². The first-order chi connectivity index (χ1) is 19.7. The Hall–Kier alpha value is -2.50. The van der Waals surface area contributed by atoms with Gasteiger partial charge in [-0.05, 0) is 29.3 Å². The second-order valence-corrected chi connectivity index (χ2v) is 12.5. The Labute approximate surface area is 254 Å². The second-order valence-electron chi connectivity index (χ2n) is 10.2. The molecular formula is C29H32Cl3N5O4. The molecule has 0 radical (unpaired) electrons. The Kier molecular flexibility index (Phi) is 9.66. The van der Waals surface area contributed by atoms with Crippen LogP contribution >= 0.6 is 34.8 Å². The molecule has 3 heterocycles. The van der Waals surface area contributed by atoms with Crippen LogP contribution in [0.5, 0.6) is 0 Å². The molecule has 1 aromatic heterocycles. The van der Waals surface area contributed by atoms with Gasteiger partial charge in [-0.2, -0.15) is 0 Å². The summed E-state index contributed by atoms with van der Waals surface area (Å²) in [4.78, 5) is 25.6. The summed E-state index contributed by atoms with van der Waals surface area (Å²) in [5.41, 5.74) is 3.02. The van der Waals surface area contributed by atoms with Gasteiger partial charge in [0.2, 0.25) is 5.95 Å². The van der Waals surface area contributed by atoms with Gasteiger partial charge in [-0.25, -0.2) is 9.97 Å². The van der Waals surface area contributed by atoms with Crippen LogP contribution in [0, 0.1) is 5.92 Å². The zero-order chi connectivity index (χ0) is 29.0. The van der Waals surface area contributed by atoms with Gasteiger partial charge in [-0.15, -0.1) is 0 Å². The Bertz CT molecular complexity index is 1300. The molecule has 4 atom stereocenters. The van der Waals surface area contributed by atoms with Crippen LogP contribution in [0.2, 0.25) is 0 Å². The third kappa shape index (κ3) is 7.48. The molecule has 0 spiro atoms. The van der Waals surface area contributed by atoms with Gasteiger partial charge >= 0.3 is 0 Å². The predicted molar refractivity (Wildman–Crippen MR) is 159 cm³/mol. The van der Waals surface area contributed by atoms with E-state index in [9.17, 15) is 9.90 Å². The number of benzene rings is 2. The normalized spacial score (nSPS) is 23.8. The van der Waals surface area contributed by atoms with Crippen LogP contribution < -0.4 is 10.2 Å². The molecule has 41 heavy (non-hydrogen) atoms. The van der Waals surface area contributed by atoms with E-state index >= 15 is 0 Å². The molecule has 2 N–H and O–H groups in total. The number of aliphatic hydroxyl groups is 1. The maximum Gasteiger partial charge on any atom is 0.276 e. The Balaban J connectivity index is 1.34. The molecule has 12 heteroatoms. The van der Waals surface area contributed by atoms with Gasteiger partial charge in [0.25, 0.3) is 9.70 Å². The van der Waals surface area contributed by atoms with Gasteiger partial charge in [0.05, 0.1) is 18.8 Å². The number of ether oxygens (including phenoxy) is 2. The number of nitrogens with zero attached hydrogens (tertiary/aromatic N) is 4. The summed E-state index contributed by atoms with van der Waals surface area (Å²) < 4.78 is 11.1. The number of alkyl halides is 3. The lowest BCUT2D eigenvalue weighted by Crippen LogP contribution is -2.51. The number of rotatable bonds is 7. The number of anilines is 2. The number of hydrogen-bond acceptors (Lipinski definition) is 8. The summed E-state index contributed by atoms with van der Waals surface area (Å²) in [6.45, 7) is 6.18. The van der Waals surface area contributed by atoms with Crippen LogP contribution in [-0.4, -0.2) is 68.5 Å². The zero-order valence-electron chi connectivity index (χ0n) is 22.5. The lowest BCUT2D eigenvalue weighted by molar-refractivity contribution is -0.276. The first kappa shape index (κ1) is 30.0. The first-order valence-electron chi connectivity index (χ1n) is 13.4. The third-order valence-corrected chi connectivity index (χ3v) is 7.96. The van der Waals surface area contributed by atoms with Crippen LogP contribution in [-0.2, 0) is 20.9 Å². The molecule has 1 amide bonds. The molecule has 0 aliphatic carbocycles. The monoisotopic (exact) mass is 619 g/mol. The van der Waals surface area contributed by atoms with Crippen molar-refractivity contribution in [1.82, 2.24) is 14.9 Å². The summed E-state index contributed by atoms with van der Waals surface area (Å²) in [5.74, 6) is 0.0310. The highest BCUT2D eigenvalue weighted by Gasteiger charge is 2.40. The van der Waals surface area contributed by atoms with Gasteiger partial charge < -0.3 is 24.8 Å². The van der Waals surface area contributed by atoms with Gasteiger partial charge in [-0.1, -0.05) is 78.1 Å². The van der Waals surface area contributed by atoms with Crippen LogP contribution in [0.3, 0.4) is 0 Å². The molecule has 0 saturated carbocycles. The van der Waals surface area contributed by atoms with Gasteiger partial charge in [0, 0.05) is 62.3 Å². The van der Waals surface area contributed by atoms with Crippen molar-refractivity contribution in [3.05, 3.63) is 83.7 Å². The fourth-order valence-electron chi connectivity index (χ4n) is 5.13. The van der Waals surface area contributed by atoms with Crippen molar-refractivity contribution in [2.24, 2.45) is 5.92 Å². The molecule has 2 fully saturated rings. The molecule has 9 nitrogen and oxygen atoms in total. The van der Waals surface area contributed by atoms with Crippen LogP contribution in [0.15, 0.2) is 67.0 Å². The minimum absolute atomic E-state index is 0.0254. The molecular weight excluding hydrogens is 589 g/mol. The largest absolute Gasteiger partial charge is 0.392 e. The van der Waals surface area contributed by atoms with Crippen molar-refractivity contribution < 1.29 is 19.4 Å². The quantitative estimate of drug-likeness (QED) is 0.360. The van der Waals surface area contributed by atoms with E-state index in [2.05, 4.69) is 32.0 Å². The maximum absolute atomic E-state index is 12.2. The smallest absolute Gasteiger partial charge is 0.276 e. The predicted octanol–water partition coefficient (Wildman–Crippen LogP) is 4.89. The summed E-state index contributed by atoms with van der Waals surface area (Å²) >= 11 is 17.2. The summed E-state index contributed by atoms with van der Waals surface area (Å²) in [6, 6.07) is 16.7. The van der Waals surface area contributed by atoms with Crippen molar-refractivity contribution in [1.29, 1.82) is 0 Å². The van der Waals surface area contributed by atoms with Crippen molar-refractivity contribution in [3.63, 3.8) is 0 Å². The number of aliphatic hydroxyl groups excluding tert-OH is 1. The lowest BCUT2D eigenvalue weighted by Gasteiger charge is -2.44. The van der Waals surface area contributed by atoms with Crippen LogP contribution in [0.1, 0.15) is 36.0 Å². The van der Waals surface area contributed by atoms with E-state index in [-0.39, 0.29) is 24.7 Å². The topological polar surface area (TPSA) is 100 Å². The van der Waals surface area contributed by atoms with E-state index in [1.165, 1.54) is 0 Å². The maximum atomic E-state index is 12.2. The number of carbonyl (C=O) groups excluding carboxylic acids is 1. The number of nitrogens with one attached hydrogen (secondary N) is 1. The molecule has 2 saturated heterocycles. The van der Waals surface area contributed by atoms with Crippen molar-refractivity contribution in [3.8, 4) is 0 Å². The summed E-state index contributed by atoms with van der Waals surface area (Å²) in [6.07, 6.45) is 2.43. The van der Waals surface area contributed by atoms with E-state index in [1.54, 1.807) is 30.6 Å². The fraction of sp³-hybridized carbons (Fsp3) is 0.414.